The molecule has 1 saturated carbocycles. The molecule has 2 aliphatic rings. The molecule has 0 radical (unpaired) electrons. The predicted molar refractivity (Wildman–Crippen MR) is 93.5 cm³/mol. The second kappa shape index (κ2) is 9.52. The van der Waals surface area contributed by atoms with E-state index in [-0.39, 0.29) is 0 Å². The fourth-order valence-electron chi connectivity index (χ4n) is 3.75. The number of carboxylic acids is 1. The van der Waals surface area contributed by atoms with Crippen LogP contribution >= 0.6 is 0 Å². The number of aliphatic carboxylic acids is 1. The van der Waals surface area contributed by atoms with Gasteiger partial charge in [0.1, 0.15) is 12.1 Å². The lowest BCUT2D eigenvalue weighted by Crippen LogP contribution is -2.51. The van der Waals surface area contributed by atoms with Crippen molar-refractivity contribution in [1.82, 2.24) is 10.2 Å². The molecule has 2 fully saturated rings. The first-order valence-electron chi connectivity index (χ1n) is 9.36. The minimum Gasteiger partial charge on any atom is -0.480 e. The van der Waals surface area contributed by atoms with Crippen LogP contribution in [-0.4, -0.2) is 65.2 Å². The summed E-state index contributed by atoms with van der Waals surface area (Å²) in [4.78, 5) is 60.5. The van der Waals surface area contributed by atoms with E-state index < -0.39 is 60.4 Å². The molecule has 2 rings (SSSR count). The molecule has 4 atom stereocenters. The van der Waals surface area contributed by atoms with Crippen molar-refractivity contribution < 1.29 is 38.6 Å². The van der Waals surface area contributed by atoms with E-state index in [4.69, 9.17) is 4.74 Å². The van der Waals surface area contributed by atoms with Gasteiger partial charge < -0.3 is 24.8 Å². The van der Waals surface area contributed by atoms with Gasteiger partial charge in [0.2, 0.25) is 18.6 Å². The third-order valence-electron chi connectivity index (χ3n) is 5.17. The van der Waals surface area contributed by atoms with Gasteiger partial charge in [0.25, 0.3) is 0 Å². The Morgan fingerprint density at radius 2 is 1.75 bits per heavy atom. The molecule has 1 heterocycles. The zero-order chi connectivity index (χ0) is 20.8. The number of amides is 2. The average Bonchev–Trinajstić information content (AvgIpc) is 3.29. The Morgan fingerprint density at radius 3 is 2.39 bits per heavy atom. The standard InChI is InChI=1S/C18H26N2O8/c1-10(16(23)20-8-4-7-14(20)17(24)25)19-15(22)12-5-3-6-13(12)18(26)28-9-27-11(2)21/h10,12-14H,3-9H2,1-2H3,(H,19,22)(H,24,25)/t10-,12+,13-,14-/m0/s1. The van der Waals surface area contributed by atoms with Gasteiger partial charge in [0, 0.05) is 13.5 Å². The molecule has 1 saturated heterocycles. The van der Waals surface area contributed by atoms with Crippen LogP contribution in [0.2, 0.25) is 0 Å². The van der Waals surface area contributed by atoms with Gasteiger partial charge in [-0.05, 0) is 32.6 Å². The van der Waals surface area contributed by atoms with E-state index in [9.17, 15) is 29.1 Å². The molecule has 10 heteroatoms. The number of hydrogen-bond donors (Lipinski definition) is 2. The molecule has 10 nitrogen and oxygen atoms in total. The number of nitrogens with one attached hydrogen (secondary N) is 1. The predicted octanol–water partition coefficient (Wildman–Crippen LogP) is 0.0468. The van der Waals surface area contributed by atoms with E-state index >= 15 is 0 Å². The van der Waals surface area contributed by atoms with Crippen LogP contribution in [0.15, 0.2) is 0 Å². The van der Waals surface area contributed by atoms with Crippen molar-refractivity contribution in [2.45, 2.75) is 58.0 Å². The SMILES string of the molecule is CC(=O)OCOC(=O)[C@H]1CCC[C@H]1C(=O)N[C@@H](C)C(=O)N1CCC[C@H]1C(=O)O. The van der Waals surface area contributed by atoms with E-state index in [0.29, 0.717) is 38.6 Å². The van der Waals surface area contributed by atoms with Gasteiger partial charge in [-0.25, -0.2) is 4.79 Å². The monoisotopic (exact) mass is 398 g/mol. The van der Waals surface area contributed by atoms with Crippen molar-refractivity contribution in [2.75, 3.05) is 13.3 Å². The molecule has 0 unspecified atom stereocenters. The highest BCUT2D eigenvalue weighted by Gasteiger charge is 2.41. The number of carbonyl (C=O) groups excluding carboxylic acids is 4. The van der Waals surface area contributed by atoms with Gasteiger partial charge in [-0.2, -0.15) is 0 Å². The number of rotatable bonds is 7. The minimum absolute atomic E-state index is 0.338. The summed E-state index contributed by atoms with van der Waals surface area (Å²) >= 11 is 0. The lowest BCUT2D eigenvalue weighted by molar-refractivity contribution is -0.170. The quantitative estimate of drug-likeness (QED) is 0.453. The number of nitrogens with zero attached hydrogens (tertiary/aromatic N) is 1. The van der Waals surface area contributed by atoms with E-state index in [1.807, 2.05) is 0 Å². The minimum atomic E-state index is -1.06. The fourth-order valence-corrected chi connectivity index (χ4v) is 3.75. The average molecular weight is 398 g/mol. The maximum absolute atomic E-state index is 12.6. The van der Waals surface area contributed by atoms with E-state index in [1.165, 1.54) is 18.7 Å². The van der Waals surface area contributed by atoms with Crippen LogP contribution in [0.5, 0.6) is 0 Å². The van der Waals surface area contributed by atoms with Crippen LogP contribution in [0.1, 0.15) is 46.0 Å². The van der Waals surface area contributed by atoms with Crippen molar-refractivity contribution >= 4 is 29.7 Å². The summed E-state index contributed by atoms with van der Waals surface area (Å²) in [7, 11) is 0. The Morgan fingerprint density at radius 1 is 1.07 bits per heavy atom. The highest BCUT2D eigenvalue weighted by atomic mass is 16.7. The van der Waals surface area contributed by atoms with Gasteiger partial charge in [0.05, 0.1) is 11.8 Å². The molecule has 2 amide bonds. The number of likely N-dealkylation sites (tertiary alicyclic amines) is 1. The third-order valence-corrected chi connectivity index (χ3v) is 5.17. The van der Waals surface area contributed by atoms with Gasteiger partial charge in [-0.1, -0.05) is 6.42 Å². The lowest BCUT2D eigenvalue weighted by Gasteiger charge is -2.26. The molecule has 156 valence electrons. The Bertz CT molecular complexity index is 649. The first-order chi connectivity index (χ1) is 13.2. The Hall–Kier alpha value is -2.65. The Labute approximate surface area is 162 Å². The van der Waals surface area contributed by atoms with Gasteiger partial charge >= 0.3 is 17.9 Å². The van der Waals surface area contributed by atoms with E-state index in [1.54, 1.807) is 0 Å². The fraction of sp³-hybridized carbons (Fsp3) is 0.722. The molecule has 28 heavy (non-hydrogen) atoms. The molecule has 1 aliphatic heterocycles. The summed E-state index contributed by atoms with van der Waals surface area (Å²) in [6.07, 6.45) is 2.58. The molecule has 0 aromatic rings. The Kier molecular flexibility index (Phi) is 7.36. The van der Waals surface area contributed by atoms with Crippen molar-refractivity contribution in [1.29, 1.82) is 0 Å². The van der Waals surface area contributed by atoms with E-state index in [2.05, 4.69) is 10.1 Å². The highest BCUT2D eigenvalue weighted by Crippen LogP contribution is 2.33. The maximum Gasteiger partial charge on any atom is 0.326 e. The van der Waals surface area contributed by atoms with Crippen LogP contribution in [0.25, 0.3) is 0 Å². The second-order valence-electron chi connectivity index (χ2n) is 7.12. The topological polar surface area (TPSA) is 139 Å². The van der Waals surface area contributed by atoms with E-state index in [0.717, 1.165) is 0 Å². The smallest absolute Gasteiger partial charge is 0.326 e. The number of hydrogen-bond acceptors (Lipinski definition) is 7. The van der Waals surface area contributed by atoms with Gasteiger partial charge in [0.15, 0.2) is 0 Å². The van der Waals surface area contributed by atoms with Crippen molar-refractivity contribution in [3.63, 3.8) is 0 Å². The summed E-state index contributed by atoms with van der Waals surface area (Å²) in [5.74, 6) is -4.48. The van der Waals surface area contributed by atoms with Crippen molar-refractivity contribution in [3.8, 4) is 0 Å². The van der Waals surface area contributed by atoms with Crippen molar-refractivity contribution in [3.05, 3.63) is 0 Å². The second-order valence-corrected chi connectivity index (χ2v) is 7.12. The van der Waals surface area contributed by atoms with Crippen LogP contribution in [0, 0.1) is 11.8 Å². The number of ether oxygens (including phenoxy) is 2. The first-order valence-corrected chi connectivity index (χ1v) is 9.36. The number of esters is 2. The zero-order valence-corrected chi connectivity index (χ0v) is 16.0. The van der Waals surface area contributed by atoms with Crippen LogP contribution in [0.3, 0.4) is 0 Å². The third kappa shape index (κ3) is 5.20. The molecular weight excluding hydrogens is 372 g/mol. The van der Waals surface area contributed by atoms with Gasteiger partial charge in [-0.15, -0.1) is 0 Å². The molecule has 1 aliphatic carbocycles. The zero-order valence-electron chi connectivity index (χ0n) is 16.0. The normalized spacial score (nSPS) is 25.1. The maximum atomic E-state index is 12.6. The summed E-state index contributed by atoms with van der Waals surface area (Å²) in [5.41, 5.74) is 0. The lowest BCUT2D eigenvalue weighted by atomic mass is 9.95. The van der Waals surface area contributed by atoms with Crippen LogP contribution in [0.4, 0.5) is 0 Å². The highest BCUT2D eigenvalue weighted by molar-refractivity contribution is 5.92. The number of carbonyl (C=O) groups is 5. The molecule has 0 aromatic carbocycles. The molecule has 0 spiro atoms. The summed E-state index contributed by atoms with van der Waals surface area (Å²) < 4.78 is 9.46. The van der Waals surface area contributed by atoms with Gasteiger partial charge in [-0.3, -0.25) is 19.2 Å². The molecule has 2 N–H and O–H groups in total. The summed E-state index contributed by atoms with van der Waals surface area (Å²) in [6, 6.07) is -1.77. The first kappa shape index (κ1) is 21.6. The van der Waals surface area contributed by atoms with Crippen molar-refractivity contribution in [2.24, 2.45) is 11.8 Å². The Balaban J connectivity index is 1.91. The summed E-state index contributed by atoms with van der Waals surface area (Å²) in [6.45, 7) is 2.53. The van der Waals surface area contributed by atoms with Crippen LogP contribution in [-0.2, 0) is 33.4 Å². The van der Waals surface area contributed by atoms with Crippen LogP contribution < -0.4 is 5.32 Å². The largest absolute Gasteiger partial charge is 0.480 e. The summed E-state index contributed by atoms with van der Waals surface area (Å²) in [5, 5.41) is 11.8. The number of carboxylic acid groups (broad SMARTS) is 1. The molecular formula is C18H26N2O8. The molecule has 0 aromatic heterocycles. The molecule has 0 bridgehead atoms.